The van der Waals surface area contributed by atoms with Crippen LogP contribution in [-0.2, 0) is 6.54 Å². The second kappa shape index (κ2) is 6.52. The van der Waals surface area contributed by atoms with Gasteiger partial charge < -0.3 is 19.8 Å². The second-order valence-corrected chi connectivity index (χ2v) is 6.15. The number of hydrogen-bond donors (Lipinski definition) is 2. The van der Waals surface area contributed by atoms with Gasteiger partial charge in [-0.05, 0) is 30.5 Å². The summed E-state index contributed by atoms with van der Waals surface area (Å²) >= 11 is 0. The van der Waals surface area contributed by atoms with Gasteiger partial charge in [0.15, 0.2) is 12.2 Å². The Balaban J connectivity index is 2.09. The lowest BCUT2D eigenvalue weighted by Gasteiger charge is -2.15. The summed E-state index contributed by atoms with van der Waals surface area (Å²) in [6, 6.07) is 5.76. The average Bonchev–Trinajstić information content (AvgIpc) is 3.14. The lowest BCUT2D eigenvalue weighted by atomic mass is 10.0. The lowest BCUT2D eigenvalue weighted by molar-refractivity contribution is 0.274. The Morgan fingerprint density at radius 2 is 2.17 bits per heavy atom. The molecule has 0 amide bonds. The summed E-state index contributed by atoms with van der Waals surface area (Å²) < 4.78 is 7.36. The van der Waals surface area contributed by atoms with Crippen LogP contribution in [0.15, 0.2) is 35.2 Å². The summed E-state index contributed by atoms with van der Waals surface area (Å²) in [5.41, 5.74) is 9.08. The van der Waals surface area contributed by atoms with E-state index < -0.39 is 0 Å². The van der Waals surface area contributed by atoms with Crippen molar-refractivity contribution < 1.29 is 9.52 Å². The van der Waals surface area contributed by atoms with Crippen LogP contribution in [0.3, 0.4) is 0 Å². The van der Waals surface area contributed by atoms with E-state index >= 15 is 0 Å². The highest BCUT2D eigenvalue weighted by Gasteiger charge is 2.18. The zero-order valence-corrected chi connectivity index (χ0v) is 13.4. The zero-order chi connectivity index (χ0) is 16.4. The van der Waals surface area contributed by atoms with Crippen LogP contribution in [0.5, 0.6) is 0 Å². The zero-order valence-electron chi connectivity index (χ0n) is 13.4. The van der Waals surface area contributed by atoms with Crippen LogP contribution in [-0.4, -0.2) is 26.2 Å². The molecular weight excluding hydrogens is 292 g/mol. The molecule has 0 radical (unpaired) electrons. The Kier molecular flexibility index (Phi) is 4.45. The molecule has 23 heavy (non-hydrogen) atoms. The van der Waals surface area contributed by atoms with E-state index in [9.17, 15) is 5.11 Å². The van der Waals surface area contributed by atoms with Gasteiger partial charge in [-0.1, -0.05) is 13.8 Å². The number of aliphatic hydroxyl groups is 1. The molecule has 1 aromatic carbocycles. The van der Waals surface area contributed by atoms with Gasteiger partial charge in [0.2, 0.25) is 0 Å². The van der Waals surface area contributed by atoms with Crippen molar-refractivity contribution in [3.8, 4) is 11.3 Å². The van der Waals surface area contributed by atoms with Crippen LogP contribution in [0.1, 0.15) is 32.1 Å². The summed E-state index contributed by atoms with van der Waals surface area (Å²) in [6.45, 7) is 4.79. The maximum Gasteiger partial charge on any atom is 0.181 e. The fourth-order valence-electron chi connectivity index (χ4n) is 2.88. The van der Waals surface area contributed by atoms with Gasteiger partial charge >= 0.3 is 0 Å². The molecule has 122 valence electrons. The quantitative estimate of drug-likeness (QED) is 0.730. The van der Waals surface area contributed by atoms with Crippen LogP contribution in [0, 0.1) is 5.92 Å². The van der Waals surface area contributed by atoms with Crippen molar-refractivity contribution in [2.24, 2.45) is 11.7 Å². The first-order chi connectivity index (χ1) is 11.1. The summed E-state index contributed by atoms with van der Waals surface area (Å²) in [6.07, 6.45) is 3.94. The summed E-state index contributed by atoms with van der Waals surface area (Å²) in [5, 5.41) is 9.42. The number of nitrogens with zero attached hydrogens (tertiary/aromatic N) is 3. The van der Waals surface area contributed by atoms with E-state index in [2.05, 4.69) is 23.8 Å². The highest BCUT2D eigenvalue weighted by Crippen LogP contribution is 2.28. The molecule has 3 aromatic rings. The van der Waals surface area contributed by atoms with E-state index in [1.54, 1.807) is 6.20 Å². The van der Waals surface area contributed by atoms with Crippen molar-refractivity contribution >= 4 is 11.0 Å². The highest BCUT2D eigenvalue weighted by molar-refractivity contribution is 5.81. The molecule has 3 rings (SSSR count). The Morgan fingerprint density at radius 1 is 1.35 bits per heavy atom. The van der Waals surface area contributed by atoms with Crippen molar-refractivity contribution in [1.29, 1.82) is 0 Å². The minimum atomic E-state index is -0.150. The molecule has 0 aliphatic rings. The van der Waals surface area contributed by atoms with E-state index in [1.807, 2.05) is 22.8 Å². The van der Waals surface area contributed by atoms with Gasteiger partial charge in [-0.25, -0.2) is 9.97 Å². The molecule has 2 heterocycles. The molecular formula is C17H22N4O2. The maximum absolute atomic E-state index is 9.42. The minimum Gasteiger partial charge on any atom is -0.444 e. The van der Waals surface area contributed by atoms with Crippen LogP contribution < -0.4 is 5.73 Å². The van der Waals surface area contributed by atoms with E-state index in [4.69, 9.17) is 10.2 Å². The second-order valence-electron chi connectivity index (χ2n) is 6.15. The van der Waals surface area contributed by atoms with Crippen molar-refractivity contribution in [1.82, 2.24) is 14.5 Å². The van der Waals surface area contributed by atoms with Crippen LogP contribution in [0.2, 0.25) is 0 Å². The van der Waals surface area contributed by atoms with Gasteiger partial charge in [0.1, 0.15) is 5.82 Å². The van der Waals surface area contributed by atoms with Crippen LogP contribution in [0.25, 0.3) is 22.4 Å². The minimum absolute atomic E-state index is 0.0411. The molecule has 2 aromatic heterocycles. The first-order valence-electron chi connectivity index (χ1n) is 7.85. The molecule has 1 unspecified atom stereocenters. The molecule has 6 nitrogen and oxygen atoms in total. The van der Waals surface area contributed by atoms with E-state index in [0.29, 0.717) is 18.2 Å². The van der Waals surface area contributed by atoms with Gasteiger partial charge in [-0.3, -0.25) is 0 Å². The highest BCUT2D eigenvalue weighted by atomic mass is 16.3. The number of nitrogens with two attached hydrogens (primary N) is 1. The first-order valence-corrected chi connectivity index (χ1v) is 7.85. The largest absolute Gasteiger partial charge is 0.444 e. The lowest BCUT2D eigenvalue weighted by Crippen LogP contribution is -2.19. The van der Waals surface area contributed by atoms with E-state index in [-0.39, 0.29) is 12.6 Å². The summed E-state index contributed by atoms with van der Waals surface area (Å²) in [4.78, 5) is 8.64. The van der Waals surface area contributed by atoms with Crippen LogP contribution >= 0.6 is 0 Å². The number of imidazole rings is 1. The molecule has 0 aliphatic heterocycles. The summed E-state index contributed by atoms with van der Waals surface area (Å²) in [7, 11) is 0. The number of fused-ring (bicyclic) bond motifs is 1. The number of aliphatic hydroxyl groups excluding tert-OH is 1. The van der Waals surface area contributed by atoms with Gasteiger partial charge in [0.05, 0.1) is 29.9 Å². The average molecular weight is 314 g/mol. The molecule has 0 saturated carbocycles. The number of benzene rings is 1. The Labute approximate surface area is 135 Å². The summed E-state index contributed by atoms with van der Waals surface area (Å²) in [5.74, 6) is 2.01. The molecule has 0 bridgehead atoms. The third-order valence-corrected chi connectivity index (χ3v) is 3.88. The van der Waals surface area contributed by atoms with E-state index in [1.165, 1.54) is 6.39 Å². The molecule has 0 spiro atoms. The fourth-order valence-corrected chi connectivity index (χ4v) is 2.88. The Hall–Kier alpha value is -2.18. The predicted octanol–water partition coefficient (Wildman–Crippen LogP) is 2.73. The molecule has 0 fully saturated rings. The van der Waals surface area contributed by atoms with E-state index in [0.717, 1.165) is 28.8 Å². The van der Waals surface area contributed by atoms with Crippen molar-refractivity contribution in [2.45, 2.75) is 32.9 Å². The molecule has 1 atom stereocenters. The van der Waals surface area contributed by atoms with Gasteiger partial charge in [-0.2, -0.15) is 0 Å². The van der Waals surface area contributed by atoms with Crippen LogP contribution in [0.4, 0.5) is 0 Å². The number of aromatic nitrogens is 3. The van der Waals surface area contributed by atoms with Crippen molar-refractivity contribution in [3.05, 3.63) is 36.6 Å². The number of hydrogen-bond acceptors (Lipinski definition) is 5. The molecule has 0 aliphatic carbocycles. The fraction of sp³-hybridized carbons (Fsp3) is 0.412. The standard InChI is InChI=1S/C17H22N4O2/c1-11(2)7-13(18)17-20-14-4-3-12(16-9-19-10-23-16)8-15(14)21(17)5-6-22/h3-4,8-11,13,22H,5-7,18H2,1-2H3. The maximum atomic E-state index is 9.42. The SMILES string of the molecule is CC(C)CC(N)c1nc2ccc(-c3cnco3)cc2n1CCO. The third kappa shape index (κ3) is 3.13. The monoisotopic (exact) mass is 314 g/mol. The number of rotatable bonds is 6. The van der Waals surface area contributed by atoms with Crippen molar-refractivity contribution in [3.63, 3.8) is 0 Å². The van der Waals surface area contributed by atoms with Gasteiger partial charge in [-0.15, -0.1) is 0 Å². The smallest absolute Gasteiger partial charge is 0.181 e. The Bertz CT molecular complexity index is 777. The third-order valence-electron chi connectivity index (χ3n) is 3.88. The molecule has 0 saturated heterocycles. The van der Waals surface area contributed by atoms with Gasteiger partial charge in [0.25, 0.3) is 0 Å². The number of oxazole rings is 1. The molecule has 3 N–H and O–H groups in total. The van der Waals surface area contributed by atoms with Crippen molar-refractivity contribution in [2.75, 3.05) is 6.61 Å². The predicted molar refractivity (Wildman–Crippen MR) is 88.7 cm³/mol. The topological polar surface area (TPSA) is 90.1 Å². The molecule has 6 heteroatoms. The Morgan fingerprint density at radius 3 is 2.83 bits per heavy atom. The first kappa shape index (κ1) is 15.7. The van der Waals surface area contributed by atoms with Gasteiger partial charge in [0, 0.05) is 12.1 Å². The normalized spacial score (nSPS) is 13.1.